The zero-order valence-electron chi connectivity index (χ0n) is 8.06. The van der Waals surface area contributed by atoms with E-state index in [0.717, 1.165) is 25.7 Å². The van der Waals surface area contributed by atoms with Crippen LogP contribution in [0.15, 0.2) is 0 Å². The van der Waals surface area contributed by atoms with Gasteiger partial charge in [0.2, 0.25) is 0 Å². The fraction of sp³-hybridized carbons (Fsp3) is 1.00. The molecule has 4 bridgehead atoms. The summed E-state index contributed by atoms with van der Waals surface area (Å²) in [7, 11) is 0. The molecule has 0 atom stereocenters. The van der Waals surface area contributed by atoms with E-state index in [1.165, 1.54) is 6.42 Å². The molecule has 0 N–H and O–H groups in total. The molecule has 0 aromatic rings. The van der Waals surface area contributed by atoms with Crippen LogP contribution in [0.5, 0.6) is 0 Å². The lowest BCUT2D eigenvalue weighted by Crippen LogP contribution is -2.50. The molecular weight excluding hydrogens is 189 g/mol. The van der Waals surface area contributed by atoms with E-state index in [0.29, 0.717) is 11.8 Å². The summed E-state index contributed by atoms with van der Waals surface area (Å²) in [6.07, 6.45) is 0.725. The summed E-state index contributed by atoms with van der Waals surface area (Å²) in [6.45, 7) is 0. The molecule has 80 valence electrons. The first kappa shape index (κ1) is 9.05. The highest BCUT2D eigenvalue weighted by molar-refractivity contribution is 5.00. The van der Waals surface area contributed by atoms with E-state index in [4.69, 9.17) is 0 Å². The van der Waals surface area contributed by atoms with Gasteiger partial charge in [0.25, 0.3) is 0 Å². The summed E-state index contributed by atoms with van der Waals surface area (Å²) < 4.78 is 38.4. The van der Waals surface area contributed by atoms with Crippen LogP contribution in [0, 0.1) is 29.6 Å². The van der Waals surface area contributed by atoms with E-state index < -0.39 is 12.1 Å². The van der Waals surface area contributed by atoms with Crippen molar-refractivity contribution in [2.45, 2.75) is 38.3 Å². The molecule has 0 unspecified atom stereocenters. The minimum Gasteiger partial charge on any atom is -0.171 e. The van der Waals surface area contributed by atoms with Crippen molar-refractivity contribution in [3.8, 4) is 0 Å². The lowest BCUT2D eigenvalue weighted by molar-refractivity contribution is -0.238. The zero-order valence-corrected chi connectivity index (χ0v) is 8.06. The second-order valence-corrected chi connectivity index (χ2v) is 5.50. The minimum absolute atomic E-state index is 0.0220. The van der Waals surface area contributed by atoms with Crippen LogP contribution < -0.4 is 0 Å². The quantitative estimate of drug-likeness (QED) is 0.565. The highest BCUT2D eigenvalue weighted by atomic mass is 19.4. The molecular formula is C11H15F3. The van der Waals surface area contributed by atoms with Gasteiger partial charge in [-0.05, 0) is 55.8 Å². The molecule has 4 aliphatic rings. The predicted molar refractivity (Wildman–Crippen MR) is 46.6 cm³/mol. The van der Waals surface area contributed by atoms with Crippen LogP contribution in [-0.2, 0) is 0 Å². The van der Waals surface area contributed by atoms with Crippen LogP contribution in [0.1, 0.15) is 32.1 Å². The molecule has 0 heterocycles. The van der Waals surface area contributed by atoms with Crippen LogP contribution >= 0.6 is 0 Å². The van der Waals surface area contributed by atoms with E-state index in [1.54, 1.807) is 0 Å². The van der Waals surface area contributed by atoms with Crippen molar-refractivity contribution in [1.29, 1.82) is 0 Å². The average Bonchev–Trinajstić information content (AvgIpc) is 1.97. The molecule has 0 aromatic heterocycles. The van der Waals surface area contributed by atoms with Gasteiger partial charge >= 0.3 is 6.18 Å². The van der Waals surface area contributed by atoms with Crippen molar-refractivity contribution in [1.82, 2.24) is 0 Å². The first-order valence-corrected chi connectivity index (χ1v) is 5.60. The molecule has 0 amide bonds. The minimum atomic E-state index is -3.93. The summed E-state index contributed by atoms with van der Waals surface area (Å²) in [5, 5.41) is 0. The third-order valence-corrected chi connectivity index (χ3v) is 4.60. The van der Waals surface area contributed by atoms with Gasteiger partial charge in [-0.15, -0.1) is 0 Å². The second kappa shape index (κ2) is 2.67. The van der Waals surface area contributed by atoms with Gasteiger partial charge in [0.15, 0.2) is 0 Å². The summed E-state index contributed by atoms with van der Waals surface area (Å²) >= 11 is 0. The third-order valence-electron chi connectivity index (χ3n) is 4.60. The van der Waals surface area contributed by atoms with Crippen molar-refractivity contribution in [2.75, 3.05) is 0 Å². The fourth-order valence-corrected chi connectivity index (χ4v) is 4.46. The van der Waals surface area contributed by atoms with Crippen molar-refractivity contribution < 1.29 is 13.2 Å². The van der Waals surface area contributed by atoms with Crippen LogP contribution in [0.3, 0.4) is 0 Å². The van der Waals surface area contributed by atoms with Gasteiger partial charge in [-0.1, -0.05) is 0 Å². The molecule has 0 saturated heterocycles. The Morgan fingerprint density at radius 1 is 0.714 bits per heavy atom. The van der Waals surface area contributed by atoms with E-state index in [9.17, 15) is 13.2 Å². The molecule has 0 radical (unpaired) electrons. The number of halogens is 3. The van der Waals surface area contributed by atoms with Gasteiger partial charge in [0, 0.05) is 0 Å². The Morgan fingerprint density at radius 2 is 1.14 bits per heavy atom. The Kier molecular flexibility index (Phi) is 1.73. The first-order valence-electron chi connectivity index (χ1n) is 5.60. The van der Waals surface area contributed by atoms with Gasteiger partial charge in [-0.3, -0.25) is 0 Å². The molecule has 0 nitrogen and oxygen atoms in total. The Morgan fingerprint density at radius 3 is 1.50 bits per heavy atom. The standard InChI is InChI=1S/C11H15F3/c12-11(13,14)10-8-2-6-1-7(4-8)5-9(10)3-6/h6-10H,1-5H2. The number of alkyl halides is 3. The van der Waals surface area contributed by atoms with Crippen LogP contribution in [-0.4, -0.2) is 6.18 Å². The van der Waals surface area contributed by atoms with E-state index in [1.807, 2.05) is 0 Å². The fourth-order valence-electron chi connectivity index (χ4n) is 4.46. The Balaban J connectivity index is 1.88. The van der Waals surface area contributed by atoms with Gasteiger partial charge in [-0.25, -0.2) is 0 Å². The maximum Gasteiger partial charge on any atom is 0.392 e. The molecule has 4 saturated carbocycles. The van der Waals surface area contributed by atoms with Crippen LogP contribution in [0.2, 0.25) is 0 Å². The van der Waals surface area contributed by atoms with E-state index in [2.05, 4.69) is 0 Å². The summed E-state index contributed by atoms with van der Waals surface area (Å²) in [4.78, 5) is 0. The Bertz CT molecular complexity index is 215. The van der Waals surface area contributed by atoms with Gasteiger partial charge < -0.3 is 0 Å². The SMILES string of the molecule is FC(F)(F)C1C2CC3CC(C2)CC1C3. The van der Waals surface area contributed by atoms with Crippen molar-refractivity contribution in [3.63, 3.8) is 0 Å². The predicted octanol–water partition coefficient (Wildman–Crippen LogP) is 3.62. The van der Waals surface area contributed by atoms with Crippen molar-refractivity contribution >= 4 is 0 Å². The normalized spacial score (nSPS) is 51.2. The van der Waals surface area contributed by atoms with Gasteiger partial charge in [0.1, 0.15) is 0 Å². The number of hydrogen-bond acceptors (Lipinski definition) is 0. The average molecular weight is 204 g/mol. The maximum atomic E-state index is 12.8. The van der Waals surface area contributed by atoms with Crippen molar-refractivity contribution in [2.24, 2.45) is 29.6 Å². The lowest BCUT2D eigenvalue weighted by Gasteiger charge is -2.54. The summed E-state index contributed by atoms with van der Waals surface area (Å²) in [6, 6.07) is 0. The monoisotopic (exact) mass is 204 g/mol. The Hall–Kier alpha value is -0.210. The molecule has 0 aromatic carbocycles. The molecule has 3 heteroatoms. The van der Waals surface area contributed by atoms with E-state index >= 15 is 0 Å². The smallest absolute Gasteiger partial charge is 0.171 e. The highest BCUT2D eigenvalue weighted by Gasteiger charge is 2.57. The molecule has 0 aliphatic heterocycles. The molecule has 4 aliphatic carbocycles. The summed E-state index contributed by atoms with van der Waals surface area (Å²) in [5.74, 6) is 0.278. The zero-order chi connectivity index (χ0) is 9.92. The topological polar surface area (TPSA) is 0 Å². The Labute approximate surface area is 81.9 Å². The van der Waals surface area contributed by atoms with Crippen molar-refractivity contribution in [3.05, 3.63) is 0 Å². The lowest BCUT2D eigenvalue weighted by atomic mass is 9.52. The highest BCUT2D eigenvalue weighted by Crippen LogP contribution is 2.60. The third kappa shape index (κ3) is 1.20. The summed E-state index contributed by atoms with van der Waals surface area (Å²) in [5.41, 5.74) is 0. The van der Waals surface area contributed by atoms with Gasteiger partial charge in [0.05, 0.1) is 5.92 Å². The van der Waals surface area contributed by atoms with E-state index in [-0.39, 0.29) is 11.8 Å². The van der Waals surface area contributed by atoms with Gasteiger partial charge in [-0.2, -0.15) is 13.2 Å². The largest absolute Gasteiger partial charge is 0.392 e. The van der Waals surface area contributed by atoms with Crippen LogP contribution in [0.25, 0.3) is 0 Å². The number of hydrogen-bond donors (Lipinski definition) is 0. The molecule has 0 spiro atoms. The maximum absolute atomic E-state index is 12.8. The molecule has 14 heavy (non-hydrogen) atoms. The molecule has 4 rings (SSSR count). The molecule has 4 fully saturated rings. The number of rotatable bonds is 0. The second-order valence-electron chi connectivity index (χ2n) is 5.50. The first-order chi connectivity index (χ1) is 6.54. The van der Waals surface area contributed by atoms with Crippen LogP contribution in [0.4, 0.5) is 13.2 Å².